The van der Waals surface area contributed by atoms with Crippen LogP contribution in [0.25, 0.3) is 0 Å². The van der Waals surface area contributed by atoms with E-state index in [0.717, 1.165) is 19.6 Å². The number of unbranched alkanes of at least 4 members (excludes halogenated alkanes) is 1. The average Bonchev–Trinajstić information content (AvgIpc) is 2.55. The Balaban J connectivity index is 0. The second kappa shape index (κ2) is 22.1. The second-order valence-electron chi connectivity index (χ2n) is 6.79. The summed E-state index contributed by atoms with van der Waals surface area (Å²) >= 11 is 0. The third-order valence-corrected chi connectivity index (χ3v) is 4.76. The van der Waals surface area contributed by atoms with Crippen LogP contribution in [0.1, 0.15) is 103 Å². The molecule has 0 amide bonds. The Labute approximate surface area is 184 Å². The minimum Gasteiger partial charge on any atom is -0.726 e. The molecule has 1 saturated heterocycles. The molecule has 0 saturated carbocycles. The summed E-state index contributed by atoms with van der Waals surface area (Å²) in [6.45, 7) is 3.88. The SMILES string of the molecule is C1CCCCCCCOCCCCCCC1.CCCCOS(=O)(=O)[O-].[Na+]. The van der Waals surface area contributed by atoms with Gasteiger partial charge in [0.25, 0.3) is 0 Å². The summed E-state index contributed by atoms with van der Waals surface area (Å²) in [5.41, 5.74) is 0. The van der Waals surface area contributed by atoms with Crippen molar-refractivity contribution in [2.24, 2.45) is 0 Å². The van der Waals surface area contributed by atoms with E-state index < -0.39 is 10.4 Å². The predicted octanol–water partition coefficient (Wildman–Crippen LogP) is 2.36. The summed E-state index contributed by atoms with van der Waals surface area (Å²) in [7, 11) is -4.45. The van der Waals surface area contributed by atoms with E-state index in [1.807, 2.05) is 6.92 Å². The van der Waals surface area contributed by atoms with Gasteiger partial charge in [0.05, 0.1) is 6.61 Å². The van der Waals surface area contributed by atoms with E-state index >= 15 is 0 Å². The Morgan fingerprint density at radius 2 is 1.12 bits per heavy atom. The summed E-state index contributed by atoms with van der Waals surface area (Å²) < 4.78 is 38.7. The van der Waals surface area contributed by atoms with Gasteiger partial charge < -0.3 is 9.29 Å². The standard InChI is InChI=1S/C15H30O.C4H10O4S.Na/c1-2-4-6-8-10-12-14-16-15-13-11-9-7-5-3-1;1-2-3-4-8-9(5,6)7;/h1-15H2;2-4H2,1H3,(H,5,6,7);/q;;+1/p-1. The zero-order valence-electron chi connectivity index (χ0n) is 17.2. The first-order valence-electron chi connectivity index (χ1n) is 10.2. The van der Waals surface area contributed by atoms with E-state index in [9.17, 15) is 13.0 Å². The van der Waals surface area contributed by atoms with Crippen LogP contribution in [0.3, 0.4) is 0 Å². The van der Waals surface area contributed by atoms with Crippen LogP contribution in [-0.4, -0.2) is 32.8 Å². The summed E-state index contributed by atoms with van der Waals surface area (Å²) in [6, 6.07) is 0. The summed E-state index contributed by atoms with van der Waals surface area (Å²) in [4.78, 5) is 0. The fourth-order valence-electron chi connectivity index (χ4n) is 2.76. The topological polar surface area (TPSA) is 75.7 Å². The fraction of sp³-hybridized carbons (Fsp3) is 1.00. The van der Waals surface area contributed by atoms with Crippen LogP contribution < -0.4 is 29.6 Å². The maximum absolute atomic E-state index is 9.73. The molecular formula is C19H39NaO5S. The van der Waals surface area contributed by atoms with E-state index in [-0.39, 0.29) is 36.2 Å². The van der Waals surface area contributed by atoms with Gasteiger partial charge in [0, 0.05) is 13.2 Å². The first-order valence-corrected chi connectivity index (χ1v) is 11.6. The Hall–Kier alpha value is 0.830. The quantitative estimate of drug-likeness (QED) is 0.312. The van der Waals surface area contributed by atoms with Gasteiger partial charge in [-0.3, -0.25) is 4.18 Å². The van der Waals surface area contributed by atoms with Crippen LogP contribution in [-0.2, 0) is 19.3 Å². The predicted molar refractivity (Wildman–Crippen MR) is 101 cm³/mol. The molecule has 1 rings (SSSR count). The van der Waals surface area contributed by atoms with Crippen LogP contribution in [0.4, 0.5) is 0 Å². The van der Waals surface area contributed by atoms with E-state index in [4.69, 9.17) is 4.74 Å². The Morgan fingerprint density at radius 3 is 1.42 bits per heavy atom. The Kier molecular flexibility index (Phi) is 24.7. The molecule has 5 nitrogen and oxygen atoms in total. The molecule has 0 unspecified atom stereocenters. The third kappa shape index (κ3) is 27.1. The van der Waals surface area contributed by atoms with Gasteiger partial charge in [-0.15, -0.1) is 0 Å². The molecule has 26 heavy (non-hydrogen) atoms. The smallest absolute Gasteiger partial charge is 0.726 e. The maximum Gasteiger partial charge on any atom is 1.00 e. The zero-order chi connectivity index (χ0) is 18.6. The van der Waals surface area contributed by atoms with Crippen LogP contribution in [0.5, 0.6) is 0 Å². The van der Waals surface area contributed by atoms with Gasteiger partial charge in [0.15, 0.2) is 0 Å². The van der Waals surface area contributed by atoms with Crippen molar-refractivity contribution in [3.8, 4) is 0 Å². The number of ether oxygens (including phenoxy) is 1. The van der Waals surface area contributed by atoms with Crippen LogP contribution in [0.2, 0.25) is 0 Å². The molecule has 0 aliphatic carbocycles. The molecule has 1 fully saturated rings. The molecular weight excluding hydrogens is 363 g/mol. The molecule has 0 radical (unpaired) electrons. The zero-order valence-corrected chi connectivity index (χ0v) is 20.0. The van der Waals surface area contributed by atoms with Crippen molar-refractivity contribution >= 4 is 10.4 Å². The van der Waals surface area contributed by atoms with Crippen molar-refractivity contribution in [2.75, 3.05) is 19.8 Å². The van der Waals surface area contributed by atoms with Gasteiger partial charge in [0.1, 0.15) is 0 Å². The Morgan fingerprint density at radius 1 is 0.769 bits per heavy atom. The molecule has 0 atom stereocenters. The van der Waals surface area contributed by atoms with Crippen molar-refractivity contribution in [1.82, 2.24) is 0 Å². The molecule has 0 spiro atoms. The monoisotopic (exact) mass is 402 g/mol. The van der Waals surface area contributed by atoms with E-state index in [2.05, 4.69) is 4.18 Å². The molecule has 152 valence electrons. The van der Waals surface area contributed by atoms with Crippen LogP contribution in [0.15, 0.2) is 0 Å². The largest absolute Gasteiger partial charge is 1.00 e. The average molecular weight is 403 g/mol. The maximum atomic E-state index is 9.73. The van der Waals surface area contributed by atoms with Crippen LogP contribution >= 0.6 is 0 Å². The van der Waals surface area contributed by atoms with Crippen molar-refractivity contribution < 1.29 is 51.4 Å². The van der Waals surface area contributed by atoms with Gasteiger partial charge in [-0.05, 0) is 19.3 Å². The van der Waals surface area contributed by atoms with E-state index in [1.165, 1.54) is 83.5 Å². The summed E-state index contributed by atoms with van der Waals surface area (Å²) in [5.74, 6) is 0. The molecule has 0 aromatic heterocycles. The first kappa shape index (κ1) is 29.0. The minimum atomic E-state index is -4.45. The molecule has 0 N–H and O–H groups in total. The minimum absolute atomic E-state index is 0. The second-order valence-corrected chi connectivity index (χ2v) is 7.84. The molecule has 0 bridgehead atoms. The molecule has 1 aliphatic rings. The fourth-order valence-corrected chi connectivity index (χ4v) is 3.08. The van der Waals surface area contributed by atoms with Gasteiger partial charge in [-0.25, -0.2) is 8.42 Å². The number of rotatable bonds is 4. The summed E-state index contributed by atoms with van der Waals surface area (Å²) in [5, 5.41) is 0. The summed E-state index contributed by atoms with van der Waals surface area (Å²) in [6.07, 6.45) is 19.8. The van der Waals surface area contributed by atoms with Gasteiger partial charge >= 0.3 is 29.6 Å². The number of hydrogen-bond donors (Lipinski definition) is 0. The van der Waals surface area contributed by atoms with Crippen LogP contribution in [0, 0.1) is 0 Å². The Bertz CT molecular complexity index is 299. The third-order valence-electron chi connectivity index (χ3n) is 4.30. The molecule has 1 aliphatic heterocycles. The van der Waals surface area contributed by atoms with Crippen molar-refractivity contribution in [3.05, 3.63) is 0 Å². The van der Waals surface area contributed by atoms with Gasteiger partial charge in [-0.2, -0.15) is 0 Å². The molecule has 0 aromatic rings. The first-order chi connectivity index (χ1) is 12.1. The van der Waals surface area contributed by atoms with Crippen molar-refractivity contribution in [3.63, 3.8) is 0 Å². The number of hydrogen-bond acceptors (Lipinski definition) is 5. The molecule has 0 aromatic carbocycles. The normalized spacial score (nSPS) is 18.8. The molecule has 7 heteroatoms. The van der Waals surface area contributed by atoms with E-state index in [0.29, 0.717) is 6.42 Å². The van der Waals surface area contributed by atoms with E-state index in [1.54, 1.807) is 0 Å². The van der Waals surface area contributed by atoms with Gasteiger partial charge in [-0.1, -0.05) is 84.0 Å². The van der Waals surface area contributed by atoms with Crippen molar-refractivity contribution in [1.29, 1.82) is 0 Å². The molecule has 1 heterocycles. The van der Waals surface area contributed by atoms with Crippen molar-refractivity contribution in [2.45, 2.75) is 103 Å². The van der Waals surface area contributed by atoms with Gasteiger partial charge in [0.2, 0.25) is 10.4 Å².